The van der Waals surface area contributed by atoms with E-state index >= 15 is 0 Å². The summed E-state index contributed by atoms with van der Waals surface area (Å²) in [5.74, 6) is 2.67. The first-order valence-electron chi connectivity index (χ1n) is 12.8. The summed E-state index contributed by atoms with van der Waals surface area (Å²) >= 11 is 2.01. The number of hydrogen-bond donors (Lipinski definition) is 0. The average molecular weight is 471 g/mol. The van der Waals surface area contributed by atoms with Crippen LogP contribution in [0.25, 0.3) is 0 Å². The number of hydrogen-bond acceptors (Lipinski definition) is 2. The van der Waals surface area contributed by atoms with Crippen molar-refractivity contribution in [3.8, 4) is 0 Å². The van der Waals surface area contributed by atoms with Gasteiger partial charge in [-0.3, -0.25) is 0 Å². The molecule has 178 valence electrons. The van der Waals surface area contributed by atoms with Gasteiger partial charge in [0.05, 0.1) is 0 Å². The molecule has 1 aromatic carbocycles. The van der Waals surface area contributed by atoms with E-state index in [2.05, 4.69) is 88.7 Å². The predicted molar refractivity (Wildman–Crippen MR) is 146 cm³/mol. The molecular formula is C29H46OSSi. The monoisotopic (exact) mass is 470 g/mol. The van der Waals surface area contributed by atoms with Crippen molar-refractivity contribution in [3.05, 3.63) is 59.0 Å². The fourth-order valence-corrected chi connectivity index (χ4v) is 8.70. The molecule has 1 aliphatic carbocycles. The largest absolute Gasteiger partial charge is 0.416 e. The Labute approximate surface area is 203 Å². The third-order valence-electron chi connectivity index (χ3n) is 8.82. The fraction of sp³-hybridized carbons (Fsp3) is 0.655. The Balaban J connectivity index is 1.46. The standard InChI is InChI=1S/C29H46OSSi/c1-24(2)28(3,4)32(5,6)30-21-18-26-16-14-25(15-17-26)11-10-19-29(20-22-31-23-29)27-12-8-7-9-13-27/h8,12,14-17,20,22,24,27H,7,9-11,13,18-19,21,23H2,1-6H3. The number of thioether (sulfide) groups is 1. The molecular weight excluding hydrogens is 424 g/mol. The third-order valence-corrected chi connectivity index (χ3v) is 14.5. The lowest BCUT2D eigenvalue weighted by molar-refractivity contribution is 0.264. The van der Waals surface area contributed by atoms with Crippen molar-refractivity contribution >= 4 is 20.1 Å². The van der Waals surface area contributed by atoms with Gasteiger partial charge in [-0.15, -0.1) is 11.8 Å². The van der Waals surface area contributed by atoms with E-state index in [0.717, 1.165) is 18.9 Å². The van der Waals surface area contributed by atoms with Crippen molar-refractivity contribution < 1.29 is 4.43 Å². The molecule has 1 aliphatic heterocycles. The van der Waals surface area contributed by atoms with Crippen LogP contribution >= 0.6 is 11.8 Å². The van der Waals surface area contributed by atoms with E-state index in [4.69, 9.17) is 4.43 Å². The second-order valence-electron chi connectivity index (χ2n) is 11.5. The Kier molecular flexibility index (Phi) is 8.97. The summed E-state index contributed by atoms with van der Waals surface area (Å²) in [4.78, 5) is 0. The Bertz CT molecular complexity index is 777. The Morgan fingerprint density at radius 3 is 2.38 bits per heavy atom. The molecule has 32 heavy (non-hydrogen) atoms. The van der Waals surface area contributed by atoms with E-state index < -0.39 is 8.32 Å². The highest BCUT2D eigenvalue weighted by molar-refractivity contribution is 8.02. The second kappa shape index (κ2) is 11.1. The SMILES string of the molecule is CC(C)C(C)(C)[Si](C)(C)OCCc1ccc(CCCC2(C3C=CCCC3)C=CSC2)cc1. The first-order chi connectivity index (χ1) is 15.2. The van der Waals surface area contributed by atoms with Gasteiger partial charge in [-0.05, 0) is 91.4 Å². The molecule has 0 aromatic heterocycles. The minimum Gasteiger partial charge on any atom is -0.416 e. The molecule has 0 N–H and O–H groups in total. The summed E-state index contributed by atoms with van der Waals surface area (Å²) in [6.07, 6.45) is 16.3. The molecule has 0 bridgehead atoms. The van der Waals surface area contributed by atoms with Crippen LogP contribution in [0.3, 0.4) is 0 Å². The number of aryl methyl sites for hydroxylation is 1. The second-order valence-corrected chi connectivity index (χ2v) is 17.0. The highest BCUT2D eigenvalue weighted by Crippen LogP contribution is 2.47. The Morgan fingerprint density at radius 1 is 1.12 bits per heavy atom. The van der Waals surface area contributed by atoms with E-state index in [1.807, 2.05) is 11.8 Å². The van der Waals surface area contributed by atoms with Crippen LogP contribution in [0.2, 0.25) is 18.1 Å². The fourth-order valence-electron chi connectivity index (χ4n) is 5.10. The number of allylic oxidation sites excluding steroid dienone is 3. The maximum Gasteiger partial charge on any atom is 0.192 e. The molecule has 2 unspecified atom stereocenters. The van der Waals surface area contributed by atoms with Crippen LogP contribution < -0.4 is 0 Å². The summed E-state index contributed by atoms with van der Waals surface area (Å²) < 4.78 is 6.51. The lowest BCUT2D eigenvalue weighted by Gasteiger charge is -2.42. The first kappa shape index (κ1) is 25.8. The van der Waals surface area contributed by atoms with Crippen molar-refractivity contribution in [2.45, 2.75) is 90.8 Å². The normalized spacial score (nSPS) is 23.9. The average Bonchev–Trinajstić information content (AvgIpc) is 3.25. The maximum absolute atomic E-state index is 6.51. The Hall–Kier alpha value is -0.773. The zero-order chi connectivity index (χ0) is 23.2. The predicted octanol–water partition coefficient (Wildman–Crippen LogP) is 8.81. The lowest BCUT2D eigenvalue weighted by atomic mass is 9.70. The van der Waals surface area contributed by atoms with Crippen LogP contribution in [0.15, 0.2) is 47.9 Å². The van der Waals surface area contributed by atoms with E-state index in [1.54, 1.807) is 0 Å². The van der Waals surface area contributed by atoms with Gasteiger partial charge in [0.15, 0.2) is 8.32 Å². The van der Waals surface area contributed by atoms with Crippen molar-refractivity contribution in [3.63, 3.8) is 0 Å². The van der Waals surface area contributed by atoms with Crippen LogP contribution in [0.1, 0.15) is 70.9 Å². The molecule has 3 heteroatoms. The summed E-state index contributed by atoms with van der Waals surface area (Å²) in [5, 5.41) is 2.64. The molecule has 1 aromatic rings. The van der Waals surface area contributed by atoms with Gasteiger partial charge in [0.1, 0.15) is 0 Å². The van der Waals surface area contributed by atoms with Gasteiger partial charge >= 0.3 is 0 Å². The minimum absolute atomic E-state index is 0.286. The van der Waals surface area contributed by atoms with Crippen molar-refractivity contribution in [2.24, 2.45) is 17.3 Å². The van der Waals surface area contributed by atoms with E-state index in [9.17, 15) is 0 Å². The zero-order valence-electron chi connectivity index (χ0n) is 21.5. The Morgan fingerprint density at radius 2 is 1.81 bits per heavy atom. The van der Waals surface area contributed by atoms with Crippen molar-refractivity contribution in [1.82, 2.24) is 0 Å². The molecule has 2 aliphatic rings. The molecule has 0 saturated heterocycles. The third kappa shape index (κ3) is 6.21. The van der Waals surface area contributed by atoms with Crippen LogP contribution in [-0.2, 0) is 17.3 Å². The van der Waals surface area contributed by atoms with Crippen molar-refractivity contribution in [2.75, 3.05) is 12.4 Å². The van der Waals surface area contributed by atoms with Gasteiger partial charge in [0, 0.05) is 17.8 Å². The van der Waals surface area contributed by atoms with Crippen LogP contribution in [0, 0.1) is 17.3 Å². The smallest absolute Gasteiger partial charge is 0.192 e. The first-order valence-corrected chi connectivity index (χ1v) is 16.8. The van der Waals surface area contributed by atoms with Crippen LogP contribution in [0.4, 0.5) is 0 Å². The molecule has 0 radical (unpaired) electrons. The molecule has 1 nitrogen and oxygen atoms in total. The van der Waals surface area contributed by atoms with Gasteiger partial charge in [-0.1, -0.05) is 70.2 Å². The molecule has 0 fully saturated rings. The van der Waals surface area contributed by atoms with E-state index in [0.29, 0.717) is 11.3 Å². The highest BCUT2D eigenvalue weighted by atomic mass is 32.2. The van der Waals surface area contributed by atoms with Crippen LogP contribution in [0.5, 0.6) is 0 Å². The molecule has 3 rings (SSSR count). The van der Waals surface area contributed by atoms with Gasteiger partial charge in [0.25, 0.3) is 0 Å². The van der Waals surface area contributed by atoms with Gasteiger partial charge in [-0.2, -0.15) is 0 Å². The molecule has 1 heterocycles. The summed E-state index contributed by atoms with van der Waals surface area (Å²) in [6, 6.07) is 9.35. The molecule has 0 amide bonds. The molecule has 2 atom stereocenters. The van der Waals surface area contributed by atoms with Gasteiger partial charge < -0.3 is 4.43 Å². The number of benzene rings is 1. The minimum atomic E-state index is -1.72. The lowest BCUT2D eigenvalue weighted by Crippen LogP contribution is -2.45. The quantitative estimate of drug-likeness (QED) is 0.236. The topological polar surface area (TPSA) is 9.23 Å². The zero-order valence-corrected chi connectivity index (χ0v) is 23.3. The molecule has 0 saturated carbocycles. The van der Waals surface area contributed by atoms with E-state index in [1.165, 1.54) is 55.4 Å². The van der Waals surface area contributed by atoms with E-state index in [-0.39, 0.29) is 5.04 Å². The maximum atomic E-state index is 6.51. The molecule has 0 spiro atoms. The summed E-state index contributed by atoms with van der Waals surface area (Å²) in [7, 11) is -1.72. The number of rotatable bonds is 11. The summed E-state index contributed by atoms with van der Waals surface area (Å²) in [5.41, 5.74) is 3.29. The van der Waals surface area contributed by atoms with Gasteiger partial charge in [0.2, 0.25) is 0 Å². The van der Waals surface area contributed by atoms with Gasteiger partial charge in [-0.25, -0.2) is 0 Å². The van der Waals surface area contributed by atoms with Crippen molar-refractivity contribution in [1.29, 1.82) is 0 Å². The summed E-state index contributed by atoms with van der Waals surface area (Å²) in [6.45, 7) is 15.0. The van der Waals surface area contributed by atoms with Crippen LogP contribution in [-0.4, -0.2) is 20.7 Å². The highest BCUT2D eigenvalue weighted by Gasteiger charge is 2.43.